The first-order valence-electron chi connectivity index (χ1n) is 5.55. The lowest BCUT2D eigenvalue weighted by atomic mass is 10.1. The van der Waals surface area contributed by atoms with Gasteiger partial charge in [0.2, 0.25) is 0 Å². The lowest BCUT2D eigenvalue weighted by Crippen LogP contribution is -2.34. The zero-order valence-corrected chi connectivity index (χ0v) is 10.0. The standard InChI is InChI=1S/C11H23NS/c1-4-6-10(5-2)12-9-11(13-3)7-8-11/h10,12H,4-9H2,1-3H3. The average Bonchev–Trinajstić information content (AvgIpc) is 2.93. The molecule has 1 saturated carbocycles. The summed E-state index contributed by atoms with van der Waals surface area (Å²) in [5.41, 5.74) is 0. The molecule has 0 heterocycles. The molecule has 1 rings (SSSR count). The third-order valence-corrected chi connectivity index (χ3v) is 4.50. The van der Waals surface area contributed by atoms with Crippen molar-refractivity contribution in [2.24, 2.45) is 0 Å². The highest BCUT2D eigenvalue weighted by molar-refractivity contribution is 8.00. The van der Waals surface area contributed by atoms with Gasteiger partial charge in [-0.05, 0) is 31.9 Å². The molecule has 0 aliphatic heterocycles. The normalized spacial score (nSPS) is 21.5. The molecule has 1 fully saturated rings. The molecule has 0 radical (unpaired) electrons. The topological polar surface area (TPSA) is 12.0 Å². The lowest BCUT2D eigenvalue weighted by Gasteiger charge is -2.20. The van der Waals surface area contributed by atoms with E-state index in [1.807, 2.05) is 11.8 Å². The van der Waals surface area contributed by atoms with Gasteiger partial charge in [0.1, 0.15) is 0 Å². The quantitative estimate of drug-likeness (QED) is 0.679. The summed E-state index contributed by atoms with van der Waals surface area (Å²) in [5, 5.41) is 3.70. The molecule has 1 unspecified atom stereocenters. The van der Waals surface area contributed by atoms with Crippen LogP contribution in [0.2, 0.25) is 0 Å². The molecule has 13 heavy (non-hydrogen) atoms. The predicted molar refractivity (Wildman–Crippen MR) is 62.5 cm³/mol. The molecule has 0 bridgehead atoms. The monoisotopic (exact) mass is 201 g/mol. The Morgan fingerprint density at radius 1 is 1.38 bits per heavy atom. The first-order chi connectivity index (χ1) is 6.26. The van der Waals surface area contributed by atoms with Crippen LogP contribution in [-0.4, -0.2) is 23.6 Å². The Morgan fingerprint density at radius 2 is 2.08 bits per heavy atom. The Kier molecular flexibility index (Phi) is 4.60. The number of nitrogens with one attached hydrogen (secondary N) is 1. The minimum atomic E-state index is 0.626. The zero-order chi connectivity index (χ0) is 9.73. The van der Waals surface area contributed by atoms with Crippen molar-refractivity contribution < 1.29 is 0 Å². The van der Waals surface area contributed by atoms with Crippen LogP contribution in [0.1, 0.15) is 46.0 Å². The van der Waals surface area contributed by atoms with Crippen molar-refractivity contribution in [1.29, 1.82) is 0 Å². The summed E-state index contributed by atoms with van der Waals surface area (Å²) in [7, 11) is 0. The summed E-state index contributed by atoms with van der Waals surface area (Å²) in [5.74, 6) is 0. The molecule has 1 aliphatic carbocycles. The van der Waals surface area contributed by atoms with E-state index in [1.54, 1.807) is 0 Å². The highest BCUT2D eigenvalue weighted by atomic mass is 32.2. The molecule has 1 aliphatic rings. The fourth-order valence-corrected chi connectivity index (χ4v) is 2.46. The van der Waals surface area contributed by atoms with Crippen molar-refractivity contribution in [3.05, 3.63) is 0 Å². The molecule has 78 valence electrons. The van der Waals surface area contributed by atoms with Crippen molar-refractivity contribution in [3.8, 4) is 0 Å². The van der Waals surface area contributed by atoms with Crippen molar-refractivity contribution in [2.45, 2.75) is 56.7 Å². The van der Waals surface area contributed by atoms with Gasteiger partial charge in [-0.15, -0.1) is 0 Å². The summed E-state index contributed by atoms with van der Waals surface area (Å²) < 4.78 is 0.626. The Labute approximate surface area is 87.1 Å². The van der Waals surface area contributed by atoms with E-state index in [-0.39, 0.29) is 0 Å². The SMILES string of the molecule is CCCC(CC)NCC1(SC)CC1. The molecular weight excluding hydrogens is 178 g/mol. The van der Waals surface area contributed by atoms with Gasteiger partial charge in [0.25, 0.3) is 0 Å². The lowest BCUT2D eigenvalue weighted by molar-refractivity contribution is 0.460. The molecule has 0 saturated heterocycles. The zero-order valence-electron chi connectivity index (χ0n) is 9.23. The van der Waals surface area contributed by atoms with Gasteiger partial charge in [-0.2, -0.15) is 11.8 Å². The molecule has 0 aromatic heterocycles. The highest BCUT2D eigenvalue weighted by Crippen LogP contribution is 2.46. The summed E-state index contributed by atoms with van der Waals surface area (Å²) in [4.78, 5) is 0. The van der Waals surface area contributed by atoms with Crippen LogP contribution >= 0.6 is 11.8 Å². The maximum Gasteiger partial charge on any atom is 0.0282 e. The predicted octanol–water partition coefficient (Wildman–Crippen LogP) is 3.05. The Balaban J connectivity index is 2.15. The second kappa shape index (κ2) is 5.26. The minimum Gasteiger partial charge on any atom is -0.313 e. The molecular formula is C11H23NS. The van der Waals surface area contributed by atoms with Crippen LogP contribution in [0, 0.1) is 0 Å². The molecule has 2 heteroatoms. The van der Waals surface area contributed by atoms with Gasteiger partial charge in [0.15, 0.2) is 0 Å². The van der Waals surface area contributed by atoms with Crippen LogP contribution in [-0.2, 0) is 0 Å². The third-order valence-electron chi connectivity index (χ3n) is 3.08. The van der Waals surface area contributed by atoms with E-state index in [0.29, 0.717) is 4.75 Å². The van der Waals surface area contributed by atoms with Gasteiger partial charge in [0, 0.05) is 17.3 Å². The summed E-state index contributed by atoms with van der Waals surface area (Å²) in [6.07, 6.45) is 9.00. The fraction of sp³-hybridized carbons (Fsp3) is 1.00. The molecule has 1 nitrogen and oxygen atoms in total. The van der Waals surface area contributed by atoms with Gasteiger partial charge < -0.3 is 5.32 Å². The Bertz CT molecular complexity index is 143. The Hall–Kier alpha value is 0.310. The van der Waals surface area contributed by atoms with Crippen molar-refractivity contribution in [1.82, 2.24) is 5.32 Å². The third kappa shape index (κ3) is 3.51. The fourth-order valence-electron chi connectivity index (χ4n) is 1.72. The largest absolute Gasteiger partial charge is 0.313 e. The maximum absolute atomic E-state index is 3.70. The van der Waals surface area contributed by atoms with Gasteiger partial charge in [-0.3, -0.25) is 0 Å². The molecule has 1 atom stereocenters. The van der Waals surface area contributed by atoms with Crippen LogP contribution in [0.4, 0.5) is 0 Å². The van der Waals surface area contributed by atoms with Crippen LogP contribution in [0.25, 0.3) is 0 Å². The average molecular weight is 201 g/mol. The van der Waals surface area contributed by atoms with E-state index in [1.165, 1.54) is 38.6 Å². The number of rotatable bonds is 7. The highest BCUT2D eigenvalue weighted by Gasteiger charge is 2.41. The number of hydrogen-bond donors (Lipinski definition) is 1. The Morgan fingerprint density at radius 3 is 2.46 bits per heavy atom. The summed E-state index contributed by atoms with van der Waals surface area (Å²) in [6.45, 7) is 5.78. The van der Waals surface area contributed by atoms with Gasteiger partial charge in [0.05, 0.1) is 0 Å². The summed E-state index contributed by atoms with van der Waals surface area (Å²) in [6, 6.07) is 0.759. The van der Waals surface area contributed by atoms with Crippen LogP contribution in [0.5, 0.6) is 0 Å². The maximum atomic E-state index is 3.70. The molecule has 0 aromatic carbocycles. The van der Waals surface area contributed by atoms with Gasteiger partial charge in [-0.25, -0.2) is 0 Å². The van der Waals surface area contributed by atoms with E-state index in [2.05, 4.69) is 25.4 Å². The van der Waals surface area contributed by atoms with E-state index in [9.17, 15) is 0 Å². The molecule has 1 N–H and O–H groups in total. The van der Waals surface area contributed by atoms with Gasteiger partial charge in [-0.1, -0.05) is 20.3 Å². The van der Waals surface area contributed by atoms with E-state index in [0.717, 1.165) is 6.04 Å². The van der Waals surface area contributed by atoms with E-state index < -0.39 is 0 Å². The van der Waals surface area contributed by atoms with Gasteiger partial charge >= 0.3 is 0 Å². The second-order valence-electron chi connectivity index (χ2n) is 4.16. The van der Waals surface area contributed by atoms with Crippen molar-refractivity contribution in [2.75, 3.05) is 12.8 Å². The molecule has 0 aromatic rings. The first-order valence-corrected chi connectivity index (χ1v) is 6.77. The summed E-state index contributed by atoms with van der Waals surface area (Å²) >= 11 is 2.05. The number of thioether (sulfide) groups is 1. The van der Waals surface area contributed by atoms with Crippen LogP contribution in [0.15, 0.2) is 0 Å². The first kappa shape index (κ1) is 11.4. The van der Waals surface area contributed by atoms with Crippen molar-refractivity contribution in [3.63, 3.8) is 0 Å². The van der Waals surface area contributed by atoms with E-state index >= 15 is 0 Å². The van der Waals surface area contributed by atoms with Crippen LogP contribution < -0.4 is 5.32 Å². The molecule has 0 spiro atoms. The molecule has 0 amide bonds. The second-order valence-corrected chi connectivity index (χ2v) is 5.44. The number of hydrogen-bond acceptors (Lipinski definition) is 2. The smallest absolute Gasteiger partial charge is 0.0282 e. The minimum absolute atomic E-state index is 0.626. The van der Waals surface area contributed by atoms with E-state index in [4.69, 9.17) is 0 Å². The van der Waals surface area contributed by atoms with Crippen molar-refractivity contribution >= 4 is 11.8 Å². The van der Waals surface area contributed by atoms with Crippen LogP contribution in [0.3, 0.4) is 0 Å².